The lowest BCUT2D eigenvalue weighted by molar-refractivity contribution is 0.0937. The molecule has 0 saturated heterocycles. The third kappa shape index (κ3) is 6.85. The molecule has 2 aromatic carbocycles. The molecule has 0 heterocycles. The summed E-state index contributed by atoms with van der Waals surface area (Å²) in [6.45, 7) is 10.8. The van der Waals surface area contributed by atoms with Gasteiger partial charge in [-0.2, -0.15) is 0 Å². The highest BCUT2D eigenvalue weighted by Gasteiger charge is 2.21. The van der Waals surface area contributed by atoms with Gasteiger partial charge in [0.2, 0.25) is 0 Å². The summed E-state index contributed by atoms with van der Waals surface area (Å²) in [6.07, 6.45) is 0. The summed E-state index contributed by atoms with van der Waals surface area (Å²) < 4.78 is 33.6. The third-order valence-corrected chi connectivity index (χ3v) is 6.76. The fourth-order valence-electron chi connectivity index (χ4n) is 3.17. The molecular weight excluding hydrogens is 438 g/mol. The van der Waals surface area contributed by atoms with E-state index in [1.54, 1.807) is 24.3 Å². The first-order valence-electron chi connectivity index (χ1n) is 10.3. The molecule has 31 heavy (non-hydrogen) atoms. The summed E-state index contributed by atoms with van der Waals surface area (Å²) in [4.78, 5) is 14.7. The Morgan fingerprint density at radius 3 is 2.32 bits per heavy atom. The molecule has 0 fully saturated rings. The summed E-state index contributed by atoms with van der Waals surface area (Å²) in [7, 11) is -3.99. The van der Waals surface area contributed by atoms with Crippen LogP contribution in [0.2, 0.25) is 5.02 Å². The molecule has 7 nitrogen and oxygen atoms in total. The number of anilines is 1. The van der Waals surface area contributed by atoms with Gasteiger partial charge in [0.05, 0.1) is 11.6 Å². The molecule has 0 aliphatic heterocycles. The van der Waals surface area contributed by atoms with E-state index in [4.69, 9.17) is 16.3 Å². The van der Waals surface area contributed by atoms with Crippen molar-refractivity contribution in [1.29, 1.82) is 0 Å². The number of ether oxygens (including phenoxy) is 1. The van der Waals surface area contributed by atoms with Crippen LogP contribution < -0.4 is 14.8 Å². The Morgan fingerprint density at radius 2 is 1.74 bits per heavy atom. The Hall–Kier alpha value is -2.29. The van der Waals surface area contributed by atoms with Crippen molar-refractivity contribution >= 4 is 33.2 Å². The highest BCUT2D eigenvalue weighted by Crippen LogP contribution is 2.26. The molecule has 0 spiro atoms. The minimum atomic E-state index is -3.99. The first-order chi connectivity index (χ1) is 14.7. The van der Waals surface area contributed by atoms with Crippen LogP contribution in [0.15, 0.2) is 47.4 Å². The van der Waals surface area contributed by atoms with Crippen LogP contribution in [0.25, 0.3) is 0 Å². The lowest BCUT2D eigenvalue weighted by Crippen LogP contribution is -2.42. The number of hydrogen-bond acceptors (Lipinski definition) is 5. The SMILES string of the molecule is CCOc1ccc(NS(=O)(=O)c2cc(C(=O)NCC(C)N(CC)CC)ccc2Cl)cc1. The molecule has 1 unspecified atom stereocenters. The molecule has 9 heteroatoms. The maximum atomic E-state index is 12.9. The maximum absolute atomic E-state index is 12.9. The second-order valence-electron chi connectivity index (χ2n) is 6.99. The van der Waals surface area contributed by atoms with Gasteiger partial charge in [-0.25, -0.2) is 8.42 Å². The van der Waals surface area contributed by atoms with E-state index in [0.29, 0.717) is 24.6 Å². The standard InChI is InChI=1S/C22H30ClN3O4S/c1-5-26(6-2)16(4)15-24-22(27)17-8-13-20(23)21(14-17)31(28,29)25-18-9-11-19(12-10-18)30-7-3/h8-14,16,25H,5-7,15H2,1-4H3,(H,24,27). The van der Waals surface area contributed by atoms with Gasteiger partial charge in [-0.15, -0.1) is 0 Å². The quantitative estimate of drug-likeness (QED) is 0.521. The molecule has 0 aliphatic carbocycles. The molecular formula is C22H30ClN3O4S. The molecule has 0 bridgehead atoms. The third-order valence-electron chi connectivity index (χ3n) is 4.89. The van der Waals surface area contributed by atoms with Gasteiger partial charge in [-0.1, -0.05) is 25.4 Å². The minimum absolute atomic E-state index is 0.0338. The summed E-state index contributed by atoms with van der Waals surface area (Å²) in [5.41, 5.74) is 0.589. The van der Waals surface area contributed by atoms with Gasteiger partial charge < -0.3 is 10.1 Å². The lowest BCUT2D eigenvalue weighted by atomic mass is 10.2. The highest BCUT2D eigenvalue weighted by atomic mass is 35.5. The number of nitrogens with zero attached hydrogens (tertiary/aromatic N) is 1. The number of hydrogen-bond donors (Lipinski definition) is 2. The number of nitrogens with one attached hydrogen (secondary N) is 2. The van der Waals surface area contributed by atoms with Gasteiger partial charge in [-0.3, -0.25) is 14.4 Å². The van der Waals surface area contributed by atoms with Gasteiger partial charge in [0.1, 0.15) is 10.6 Å². The fourth-order valence-corrected chi connectivity index (χ4v) is 4.75. The first kappa shape index (κ1) is 25.0. The van der Waals surface area contributed by atoms with Crippen LogP contribution in [0, 0.1) is 0 Å². The number of carbonyl (C=O) groups is 1. The van der Waals surface area contributed by atoms with Crippen molar-refractivity contribution in [2.24, 2.45) is 0 Å². The van der Waals surface area contributed by atoms with Gasteiger partial charge >= 0.3 is 0 Å². The number of halogens is 1. The number of benzene rings is 2. The molecule has 0 radical (unpaired) electrons. The van der Waals surface area contributed by atoms with Crippen molar-refractivity contribution < 1.29 is 17.9 Å². The Kier molecular flexibility index (Phi) is 9.15. The predicted molar refractivity (Wildman–Crippen MR) is 125 cm³/mol. The van der Waals surface area contributed by atoms with Crippen LogP contribution in [0.3, 0.4) is 0 Å². The zero-order valence-corrected chi connectivity index (χ0v) is 19.9. The molecule has 0 aromatic heterocycles. The van der Waals surface area contributed by atoms with E-state index < -0.39 is 10.0 Å². The van der Waals surface area contributed by atoms with Crippen molar-refractivity contribution in [2.45, 2.75) is 38.6 Å². The number of carbonyl (C=O) groups excluding carboxylic acids is 1. The average molecular weight is 468 g/mol. The maximum Gasteiger partial charge on any atom is 0.263 e. The van der Waals surface area contributed by atoms with Crippen molar-refractivity contribution in [3.8, 4) is 5.75 Å². The molecule has 2 aromatic rings. The van der Waals surface area contributed by atoms with E-state index in [-0.39, 0.29) is 27.4 Å². The highest BCUT2D eigenvalue weighted by molar-refractivity contribution is 7.92. The van der Waals surface area contributed by atoms with E-state index in [9.17, 15) is 13.2 Å². The van der Waals surface area contributed by atoms with E-state index in [1.165, 1.54) is 18.2 Å². The summed E-state index contributed by atoms with van der Waals surface area (Å²) in [5, 5.41) is 2.89. The van der Waals surface area contributed by atoms with E-state index in [1.807, 2.05) is 13.8 Å². The van der Waals surface area contributed by atoms with Crippen molar-refractivity contribution in [2.75, 3.05) is 31.0 Å². The van der Waals surface area contributed by atoms with Crippen LogP contribution in [-0.4, -0.2) is 51.5 Å². The normalized spacial score (nSPS) is 12.5. The Bertz CT molecular complexity index is 977. The van der Waals surface area contributed by atoms with E-state index >= 15 is 0 Å². The van der Waals surface area contributed by atoms with Crippen LogP contribution >= 0.6 is 11.6 Å². The van der Waals surface area contributed by atoms with Crippen LogP contribution in [0.1, 0.15) is 38.1 Å². The second kappa shape index (κ2) is 11.4. The van der Waals surface area contributed by atoms with Crippen molar-refractivity contribution in [3.05, 3.63) is 53.1 Å². The van der Waals surface area contributed by atoms with E-state index in [0.717, 1.165) is 13.1 Å². The van der Waals surface area contributed by atoms with Crippen molar-refractivity contribution in [1.82, 2.24) is 10.2 Å². The van der Waals surface area contributed by atoms with Gasteiger partial charge in [0, 0.05) is 23.8 Å². The Morgan fingerprint density at radius 1 is 1.10 bits per heavy atom. The zero-order chi connectivity index (χ0) is 23.0. The largest absolute Gasteiger partial charge is 0.494 e. The second-order valence-corrected chi connectivity index (χ2v) is 9.05. The average Bonchev–Trinajstić information content (AvgIpc) is 2.74. The molecule has 1 atom stereocenters. The van der Waals surface area contributed by atoms with E-state index in [2.05, 4.69) is 28.8 Å². The fraction of sp³-hybridized carbons (Fsp3) is 0.409. The topological polar surface area (TPSA) is 87.7 Å². The smallest absolute Gasteiger partial charge is 0.263 e. The number of likely N-dealkylation sites (N-methyl/N-ethyl adjacent to an activating group) is 1. The number of amides is 1. The summed E-state index contributed by atoms with van der Waals surface area (Å²) in [5.74, 6) is 0.286. The molecule has 0 aliphatic rings. The van der Waals surface area contributed by atoms with Crippen LogP contribution in [0.5, 0.6) is 5.75 Å². The van der Waals surface area contributed by atoms with Gasteiger partial charge in [0.15, 0.2) is 0 Å². The predicted octanol–water partition coefficient (Wildman–Crippen LogP) is 4.00. The molecule has 170 valence electrons. The lowest BCUT2D eigenvalue weighted by Gasteiger charge is -2.26. The van der Waals surface area contributed by atoms with Crippen molar-refractivity contribution in [3.63, 3.8) is 0 Å². The zero-order valence-electron chi connectivity index (χ0n) is 18.3. The van der Waals surface area contributed by atoms with Gasteiger partial charge in [-0.05, 0) is 69.4 Å². The van der Waals surface area contributed by atoms with Crippen LogP contribution in [0.4, 0.5) is 5.69 Å². The summed E-state index contributed by atoms with van der Waals surface area (Å²) in [6, 6.07) is 10.9. The molecule has 0 saturated carbocycles. The molecule has 2 N–H and O–H groups in total. The minimum Gasteiger partial charge on any atom is -0.494 e. The summed E-state index contributed by atoms with van der Waals surface area (Å²) >= 11 is 6.15. The first-order valence-corrected chi connectivity index (χ1v) is 12.1. The number of sulfonamides is 1. The van der Waals surface area contributed by atoms with Crippen LogP contribution in [-0.2, 0) is 10.0 Å². The molecule has 1 amide bonds. The monoisotopic (exact) mass is 467 g/mol. The Labute approximate surface area is 189 Å². The number of rotatable bonds is 11. The Balaban J connectivity index is 2.16. The van der Waals surface area contributed by atoms with Gasteiger partial charge in [0.25, 0.3) is 15.9 Å². The molecule has 2 rings (SSSR count).